The highest BCUT2D eigenvalue weighted by atomic mass is 16.7. The minimum absolute atomic E-state index is 0.242. The minimum Gasteiger partial charge on any atom is -0.394 e. The van der Waals surface area contributed by atoms with Crippen molar-refractivity contribution in [3.63, 3.8) is 0 Å². The zero-order chi connectivity index (χ0) is 52.0. The number of unbranched alkanes of at least 4 members (excludes halogenated alkanes) is 24. The van der Waals surface area contributed by atoms with E-state index >= 15 is 0 Å². The van der Waals surface area contributed by atoms with Gasteiger partial charge in [-0.05, 0) is 12.8 Å². The lowest BCUT2D eigenvalue weighted by Gasteiger charge is -2.44. The van der Waals surface area contributed by atoms with Crippen LogP contribution in [0.3, 0.4) is 0 Å². The Morgan fingerprint density at radius 1 is 0.437 bits per heavy atom. The van der Waals surface area contributed by atoms with E-state index in [9.17, 15) is 61.0 Å². The molecule has 3 heterocycles. The van der Waals surface area contributed by atoms with Crippen LogP contribution in [-0.2, 0) is 33.2 Å². The van der Waals surface area contributed by atoms with Crippen molar-refractivity contribution in [3.8, 4) is 0 Å². The number of hydrogen-bond acceptors (Lipinski definition) is 18. The maximum atomic E-state index is 13.3. The first kappa shape index (κ1) is 64.1. The van der Waals surface area contributed by atoms with Crippen molar-refractivity contribution in [3.05, 3.63) is 0 Å². The quantitative estimate of drug-likeness (QED) is 0.0392. The third-order valence-corrected chi connectivity index (χ3v) is 14.4. The third-order valence-electron chi connectivity index (χ3n) is 14.4. The Labute approximate surface area is 423 Å². The van der Waals surface area contributed by atoms with Gasteiger partial charge in [0.25, 0.3) is 0 Å². The molecule has 3 fully saturated rings. The van der Waals surface area contributed by atoms with Crippen LogP contribution in [0.5, 0.6) is 0 Å². The standard InChI is InChI=1S/C52H99NO18/c1-3-5-7-9-11-13-15-17-19-21-23-25-27-29-36(55)35(53-40(56)30-28-26-24-22-20-18-16-14-12-10-8-6-4-2)32-66-50-48(64)45(61)42(58)38(70-50)34-68-52-49(65)46(62)43(59)39(71-52)33-67-51-47(63)44(60)41(57)37(31-54)69-51/h35-39,41-52,54-55,57-65H,3-34H2,1-2H3,(H,53,56)/t35-,36+,37+,38+,39+,41-,42-,43-,44-,45-,46-,47+,48+,49+,50+,51-,52-/m0/s1. The van der Waals surface area contributed by atoms with Gasteiger partial charge in [0.1, 0.15) is 73.2 Å². The molecule has 1 amide bonds. The molecule has 0 radical (unpaired) electrons. The number of aliphatic hydroxyl groups excluding tert-OH is 11. The summed E-state index contributed by atoms with van der Waals surface area (Å²) in [6.45, 7) is 2.25. The van der Waals surface area contributed by atoms with E-state index in [-0.39, 0.29) is 18.9 Å². The summed E-state index contributed by atoms with van der Waals surface area (Å²) < 4.78 is 33.9. The van der Waals surface area contributed by atoms with Gasteiger partial charge in [0.15, 0.2) is 18.9 Å². The van der Waals surface area contributed by atoms with Gasteiger partial charge in [0.2, 0.25) is 5.91 Å². The first-order chi connectivity index (χ1) is 34.2. The molecule has 12 N–H and O–H groups in total. The predicted octanol–water partition coefficient (Wildman–Crippen LogP) is 3.26. The van der Waals surface area contributed by atoms with Crippen molar-refractivity contribution in [2.75, 3.05) is 26.4 Å². The molecule has 3 aliphatic rings. The summed E-state index contributed by atoms with van der Waals surface area (Å²) in [4.78, 5) is 13.3. The third kappa shape index (κ3) is 23.7. The van der Waals surface area contributed by atoms with Crippen molar-refractivity contribution < 1.29 is 89.4 Å². The Morgan fingerprint density at radius 2 is 0.761 bits per heavy atom. The van der Waals surface area contributed by atoms with E-state index in [1.54, 1.807) is 0 Å². The highest BCUT2D eigenvalue weighted by Gasteiger charge is 2.49. The van der Waals surface area contributed by atoms with Gasteiger partial charge in [-0.2, -0.15) is 0 Å². The van der Waals surface area contributed by atoms with Gasteiger partial charge in [-0.25, -0.2) is 0 Å². The zero-order valence-electron chi connectivity index (χ0n) is 43.2. The van der Waals surface area contributed by atoms with Crippen LogP contribution >= 0.6 is 0 Å². The van der Waals surface area contributed by atoms with E-state index in [1.165, 1.54) is 116 Å². The van der Waals surface area contributed by atoms with Gasteiger partial charge in [-0.15, -0.1) is 0 Å². The van der Waals surface area contributed by atoms with Crippen molar-refractivity contribution in [1.29, 1.82) is 0 Å². The number of nitrogens with one attached hydrogen (secondary N) is 1. The number of carbonyl (C=O) groups is 1. The summed E-state index contributed by atoms with van der Waals surface area (Å²) >= 11 is 0. The molecule has 19 heteroatoms. The topological polar surface area (TPSA) is 307 Å². The summed E-state index contributed by atoms with van der Waals surface area (Å²) in [5, 5.41) is 119. The normalized spacial score (nSPS) is 32.2. The summed E-state index contributed by atoms with van der Waals surface area (Å²) in [7, 11) is 0. The number of hydrogen-bond donors (Lipinski definition) is 12. The second kappa shape index (κ2) is 37.5. The van der Waals surface area contributed by atoms with Crippen LogP contribution in [0, 0.1) is 0 Å². The van der Waals surface area contributed by atoms with Gasteiger partial charge in [-0.3, -0.25) is 4.79 Å². The molecule has 0 aromatic heterocycles. The van der Waals surface area contributed by atoms with Crippen LogP contribution in [0.4, 0.5) is 0 Å². The zero-order valence-corrected chi connectivity index (χ0v) is 43.2. The summed E-state index contributed by atoms with van der Waals surface area (Å²) in [5.41, 5.74) is 0. The average molecular weight is 1030 g/mol. The second-order valence-corrected chi connectivity index (χ2v) is 20.5. The number of ether oxygens (including phenoxy) is 6. The molecule has 0 saturated carbocycles. The molecule has 0 bridgehead atoms. The molecule has 0 aliphatic carbocycles. The highest BCUT2D eigenvalue weighted by Crippen LogP contribution is 2.29. The van der Waals surface area contributed by atoms with E-state index < -0.39 is 124 Å². The summed E-state index contributed by atoms with van der Waals surface area (Å²) in [6.07, 6.45) is 5.55. The largest absolute Gasteiger partial charge is 0.394 e. The second-order valence-electron chi connectivity index (χ2n) is 20.5. The van der Waals surface area contributed by atoms with Gasteiger partial charge in [0.05, 0.1) is 38.6 Å². The fourth-order valence-corrected chi connectivity index (χ4v) is 9.57. The smallest absolute Gasteiger partial charge is 0.220 e. The van der Waals surface area contributed by atoms with Crippen LogP contribution in [0.1, 0.15) is 194 Å². The Morgan fingerprint density at radius 3 is 1.14 bits per heavy atom. The molecule has 0 aromatic rings. The maximum Gasteiger partial charge on any atom is 0.220 e. The van der Waals surface area contributed by atoms with Crippen LogP contribution in [0.15, 0.2) is 0 Å². The SMILES string of the molecule is CCCCCCCCCCCCCCCC(=O)N[C@@H](CO[C@@H]1O[C@H](CO[C@H]2O[C@H](CO[C@H]3O[C@H](CO)[C@H](O)[C@H](O)[C@H]3O)[C@H](O)[C@H](O)[C@H]2O)[C@H](O)[C@H](O)[C@H]1O)[C@H](O)CCCCCCCCCCCCCCC. The molecule has 71 heavy (non-hydrogen) atoms. The van der Waals surface area contributed by atoms with Crippen LogP contribution in [0.2, 0.25) is 0 Å². The molecule has 0 unspecified atom stereocenters. The van der Waals surface area contributed by atoms with E-state index in [4.69, 9.17) is 28.4 Å². The summed E-state index contributed by atoms with van der Waals surface area (Å²) in [6, 6.07) is -0.878. The Bertz CT molecular complexity index is 1320. The van der Waals surface area contributed by atoms with E-state index in [1.807, 2.05) is 0 Å². The monoisotopic (exact) mass is 1030 g/mol. The molecular formula is C52H99NO18. The molecule has 17 atom stereocenters. The molecular weight excluding hydrogens is 927 g/mol. The number of rotatable bonds is 40. The van der Waals surface area contributed by atoms with Gasteiger partial charge in [-0.1, -0.05) is 174 Å². The maximum absolute atomic E-state index is 13.3. The van der Waals surface area contributed by atoms with Gasteiger partial charge in [0, 0.05) is 6.42 Å². The van der Waals surface area contributed by atoms with Gasteiger partial charge >= 0.3 is 0 Å². The minimum atomic E-state index is -1.85. The highest BCUT2D eigenvalue weighted by molar-refractivity contribution is 5.76. The van der Waals surface area contributed by atoms with Crippen molar-refractivity contribution >= 4 is 5.91 Å². The number of carbonyl (C=O) groups excluding carboxylic acids is 1. The lowest BCUT2D eigenvalue weighted by atomic mass is 9.98. The van der Waals surface area contributed by atoms with E-state index in [0.29, 0.717) is 12.8 Å². The first-order valence-corrected chi connectivity index (χ1v) is 27.8. The fraction of sp³-hybridized carbons (Fsp3) is 0.981. The molecule has 0 spiro atoms. The first-order valence-electron chi connectivity index (χ1n) is 27.8. The molecule has 3 saturated heterocycles. The lowest BCUT2D eigenvalue weighted by Crippen LogP contribution is -2.63. The van der Waals surface area contributed by atoms with Crippen LogP contribution in [0.25, 0.3) is 0 Å². The summed E-state index contributed by atoms with van der Waals surface area (Å²) in [5.74, 6) is -0.242. The molecule has 3 rings (SSSR count). The number of amides is 1. The lowest BCUT2D eigenvalue weighted by molar-refractivity contribution is -0.342. The number of aliphatic hydroxyl groups is 11. The Balaban J connectivity index is 1.52. The van der Waals surface area contributed by atoms with Crippen molar-refractivity contribution in [2.24, 2.45) is 0 Å². The fourth-order valence-electron chi connectivity index (χ4n) is 9.57. The molecule has 19 nitrogen and oxygen atoms in total. The van der Waals surface area contributed by atoms with Crippen LogP contribution in [-0.4, -0.2) is 193 Å². The van der Waals surface area contributed by atoms with Crippen molar-refractivity contribution in [1.82, 2.24) is 5.32 Å². The Kier molecular flexibility index (Phi) is 33.9. The molecule has 3 aliphatic heterocycles. The van der Waals surface area contributed by atoms with E-state index in [0.717, 1.165) is 44.9 Å². The Hall–Kier alpha value is -1.21. The average Bonchev–Trinajstić information content (AvgIpc) is 3.36. The van der Waals surface area contributed by atoms with Gasteiger partial charge < -0.3 is 89.9 Å². The molecule has 0 aromatic carbocycles. The predicted molar refractivity (Wildman–Crippen MR) is 264 cm³/mol. The molecule has 420 valence electrons. The van der Waals surface area contributed by atoms with E-state index in [2.05, 4.69) is 19.2 Å². The van der Waals surface area contributed by atoms with Crippen LogP contribution < -0.4 is 5.32 Å². The van der Waals surface area contributed by atoms with Crippen molar-refractivity contribution in [2.45, 2.75) is 298 Å².